The number of hydrogen-bond donors (Lipinski definition) is 2. The van der Waals surface area contributed by atoms with Crippen LogP contribution in [0.3, 0.4) is 0 Å². The van der Waals surface area contributed by atoms with Crippen LogP contribution in [0.15, 0.2) is 54.6 Å². The number of rotatable bonds is 5. The maximum absolute atomic E-state index is 11.9. The van der Waals surface area contributed by atoms with Gasteiger partial charge in [-0.1, -0.05) is 29.5 Å². The highest BCUT2D eigenvalue weighted by Gasteiger charge is 2.10. The summed E-state index contributed by atoms with van der Waals surface area (Å²) in [7, 11) is 0. The standard InChI is InChI=1S/C17H16N4O2S/c1-2-23-14-10-8-12(9-11-14)15-20-21-17(24-15)19-16(22)18-13-6-4-3-5-7-13/h3-11H,2H2,1H3,(H2,18,19,21,22). The zero-order chi connectivity index (χ0) is 16.8. The van der Waals surface area contributed by atoms with Gasteiger partial charge in [0.1, 0.15) is 10.8 Å². The molecule has 0 spiro atoms. The highest BCUT2D eigenvalue weighted by atomic mass is 32.1. The molecule has 7 heteroatoms. The van der Waals surface area contributed by atoms with Gasteiger partial charge in [0.05, 0.1) is 6.61 Å². The van der Waals surface area contributed by atoms with Crippen molar-refractivity contribution >= 4 is 28.2 Å². The Morgan fingerprint density at radius 3 is 2.50 bits per heavy atom. The third kappa shape index (κ3) is 4.08. The minimum absolute atomic E-state index is 0.351. The number of aromatic nitrogens is 2. The molecular weight excluding hydrogens is 324 g/mol. The van der Waals surface area contributed by atoms with Gasteiger partial charge in [-0.3, -0.25) is 5.32 Å². The van der Waals surface area contributed by atoms with Crippen LogP contribution in [0.4, 0.5) is 15.6 Å². The van der Waals surface area contributed by atoms with Crippen molar-refractivity contribution in [2.75, 3.05) is 17.2 Å². The van der Waals surface area contributed by atoms with Gasteiger partial charge in [-0.2, -0.15) is 0 Å². The molecule has 6 nitrogen and oxygen atoms in total. The van der Waals surface area contributed by atoms with E-state index in [0.29, 0.717) is 17.4 Å². The molecule has 2 aromatic carbocycles. The van der Waals surface area contributed by atoms with Gasteiger partial charge in [0.2, 0.25) is 5.13 Å². The Labute approximate surface area is 143 Å². The van der Waals surface area contributed by atoms with Gasteiger partial charge >= 0.3 is 6.03 Å². The summed E-state index contributed by atoms with van der Waals surface area (Å²) in [6.07, 6.45) is 0. The van der Waals surface area contributed by atoms with Gasteiger partial charge < -0.3 is 10.1 Å². The molecule has 0 saturated carbocycles. The van der Waals surface area contributed by atoms with E-state index in [1.165, 1.54) is 11.3 Å². The lowest BCUT2D eigenvalue weighted by Gasteiger charge is -2.04. The molecule has 3 rings (SSSR count). The molecular formula is C17H16N4O2S. The summed E-state index contributed by atoms with van der Waals surface area (Å²) in [4.78, 5) is 11.9. The summed E-state index contributed by atoms with van der Waals surface area (Å²) in [5, 5.41) is 14.7. The second-order valence-electron chi connectivity index (χ2n) is 4.81. The fourth-order valence-electron chi connectivity index (χ4n) is 2.03. The van der Waals surface area contributed by atoms with Crippen LogP contribution in [0.2, 0.25) is 0 Å². The van der Waals surface area contributed by atoms with E-state index in [1.54, 1.807) is 0 Å². The number of para-hydroxylation sites is 1. The molecule has 0 fully saturated rings. The fraction of sp³-hybridized carbons (Fsp3) is 0.118. The van der Waals surface area contributed by atoms with E-state index in [-0.39, 0.29) is 6.03 Å². The first-order chi connectivity index (χ1) is 11.7. The molecule has 24 heavy (non-hydrogen) atoms. The molecule has 0 saturated heterocycles. The van der Waals surface area contributed by atoms with Gasteiger partial charge in [0.15, 0.2) is 0 Å². The highest BCUT2D eigenvalue weighted by molar-refractivity contribution is 7.18. The molecule has 122 valence electrons. The van der Waals surface area contributed by atoms with Crippen LogP contribution < -0.4 is 15.4 Å². The molecule has 2 amide bonds. The molecule has 0 unspecified atom stereocenters. The van der Waals surface area contributed by atoms with Gasteiger partial charge in [0.25, 0.3) is 0 Å². The molecule has 0 aliphatic rings. The van der Waals surface area contributed by atoms with Crippen molar-refractivity contribution in [3.8, 4) is 16.3 Å². The maximum Gasteiger partial charge on any atom is 0.325 e. The molecule has 0 atom stereocenters. The Balaban J connectivity index is 1.63. The topological polar surface area (TPSA) is 76.1 Å². The van der Waals surface area contributed by atoms with Crippen molar-refractivity contribution in [2.45, 2.75) is 6.92 Å². The summed E-state index contributed by atoms with van der Waals surface area (Å²) in [5.74, 6) is 0.811. The lowest BCUT2D eigenvalue weighted by molar-refractivity contribution is 0.262. The molecule has 0 bridgehead atoms. The first kappa shape index (κ1) is 15.9. The molecule has 2 N–H and O–H groups in total. The van der Waals surface area contributed by atoms with Crippen LogP contribution >= 0.6 is 11.3 Å². The third-order valence-corrected chi connectivity index (χ3v) is 3.98. The van der Waals surface area contributed by atoms with Crippen molar-refractivity contribution in [2.24, 2.45) is 0 Å². The highest BCUT2D eigenvalue weighted by Crippen LogP contribution is 2.27. The molecule has 0 radical (unpaired) electrons. The smallest absolute Gasteiger partial charge is 0.325 e. The van der Waals surface area contributed by atoms with Crippen LogP contribution in [0, 0.1) is 0 Å². The number of nitrogens with one attached hydrogen (secondary N) is 2. The molecule has 0 aliphatic heterocycles. The number of amides is 2. The Morgan fingerprint density at radius 2 is 1.79 bits per heavy atom. The molecule has 1 heterocycles. The van der Waals surface area contributed by atoms with E-state index in [2.05, 4.69) is 20.8 Å². The van der Waals surface area contributed by atoms with Crippen molar-refractivity contribution in [1.29, 1.82) is 0 Å². The predicted octanol–water partition coefficient (Wildman–Crippen LogP) is 4.25. The average molecular weight is 340 g/mol. The fourth-order valence-corrected chi connectivity index (χ4v) is 2.78. The molecule has 1 aromatic heterocycles. The Kier molecular flexibility index (Phi) is 5.02. The summed E-state index contributed by atoms with van der Waals surface area (Å²) in [5.41, 5.74) is 1.64. The first-order valence-corrected chi connectivity index (χ1v) is 8.26. The Hall–Kier alpha value is -2.93. The minimum atomic E-state index is -0.351. The monoisotopic (exact) mass is 340 g/mol. The van der Waals surface area contributed by atoms with E-state index in [1.807, 2.05) is 61.5 Å². The number of benzene rings is 2. The average Bonchev–Trinajstić information content (AvgIpc) is 3.05. The largest absolute Gasteiger partial charge is 0.494 e. The SMILES string of the molecule is CCOc1ccc(-c2nnc(NC(=O)Nc3ccccc3)s2)cc1. The number of urea groups is 1. The van der Waals surface area contributed by atoms with Crippen LogP contribution in [0.1, 0.15) is 6.92 Å². The van der Waals surface area contributed by atoms with Crippen LogP contribution in [-0.2, 0) is 0 Å². The van der Waals surface area contributed by atoms with Crippen molar-refractivity contribution in [3.05, 3.63) is 54.6 Å². The number of hydrogen-bond acceptors (Lipinski definition) is 5. The first-order valence-electron chi connectivity index (χ1n) is 7.44. The Morgan fingerprint density at radius 1 is 1.04 bits per heavy atom. The summed E-state index contributed by atoms with van der Waals surface area (Å²) in [6.45, 7) is 2.57. The van der Waals surface area contributed by atoms with Gasteiger partial charge in [-0.15, -0.1) is 10.2 Å². The number of anilines is 2. The van der Waals surface area contributed by atoms with Gasteiger partial charge in [-0.05, 0) is 43.3 Å². The van der Waals surface area contributed by atoms with Crippen LogP contribution in [0.5, 0.6) is 5.75 Å². The van der Waals surface area contributed by atoms with E-state index >= 15 is 0 Å². The number of carbonyl (C=O) groups excluding carboxylic acids is 1. The number of carbonyl (C=O) groups is 1. The van der Waals surface area contributed by atoms with E-state index in [9.17, 15) is 4.79 Å². The lowest BCUT2D eigenvalue weighted by atomic mass is 10.2. The predicted molar refractivity (Wildman–Crippen MR) is 95.6 cm³/mol. The van der Waals surface area contributed by atoms with Crippen LogP contribution in [0.25, 0.3) is 10.6 Å². The third-order valence-electron chi connectivity index (χ3n) is 3.09. The van der Waals surface area contributed by atoms with E-state index < -0.39 is 0 Å². The van der Waals surface area contributed by atoms with Gasteiger partial charge in [0, 0.05) is 11.3 Å². The Bertz CT molecular complexity index is 803. The lowest BCUT2D eigenvalue weighted by Crippen LogP contribution is -2.19. The summed E-state index contributed by atoms with van der Waals surface area (Å²) >= 11 is 1.31. The van der Waals surface area contributed by atoms with E-state index in [0.717, 1.165) is 16.3 Å². The number of nitrogens with zero attached hydrogens (tertiary/aromatic N) is 2. The van der Waals surface area contributed by atoms with Crippen molar-refractivity contribution in [3.63, 3.8) is 0 Å². The zero-order valence-corrected chi connectivity index (χ0v) is 13.8. The normalized spacial score (nSPS) is 10.2. The van der Waals surface area contributed by atoms with Crippen LogP contribution in [-0.4, -0.2) is 22.8 Å². The second-order valence-corrected chi connectivity index (χ2v) is 5.79. The maximum atomic E-state index is 11.9. The number of ether oxygens (including phenoxy) is 1. The summed E-state index contributed by atoms with van der Waals surface area (Å²) in [6, 6.07) is 16.5. The quantitative estimate of drug-likeness (QED) is 0.728. The van der Waals surface area contributed by atoms with Crippen molar-refractivity contribution in [1.82, 2.24) is 10.2 Å². The van der Waals surface area contributed by atoms with Crippen molar-refractivity contribution < 1.29 is 9.53 Å². The van der Waals surface area contributed by atoms with E-state index in [4.69, 9.17) is 4.74 Å². The summed E-state index contributed by atoms with van der Waals surface area (Å²) < 4.78 is 5.41. The van der Waals surface area contributed by atoms with Gasteiger partial charge in [-0.25, -0.2) is 4.79 Å². The molecule has 0 aliphatic carbocycles. The zero-order valence-electron chi connectivity index (χ0n) is 13.0. The molecule has 3 aromatic rings. The second kappa shape index (κ2) is 7.56. The minimum Gasteiger partial charge on any atom is -0.494 e.